The second-order valence-corrected chi connectivity index (χ2v) is 50.7. The summed E-state index contributed by atoms with van der Waals surface area (Å²) in [5.41, 5.74) is 5.96. The van der Waals surface area contributed by atoms with Gasteiger partial charge in [-0.25, -0.2) is 57.1 Å². The van der Waals surface area contributed by atoms with Crippen LogP contribution < -0.4 is 42.5 Å². The van der Waals surface area contributed by atoms with E-state index in [9.17, 15) is 70.9 Å². The van der Waals surface area contributed by atoms with Gasteiger partial charge in [0.25, 0.3) is 53.7 Å². The number of fused-ring (bicyclic) bond motifs is 6. The Labute approximate surface area is 867 Å². The number of alkyl halides is 2. The van der Waals surface area contributed by atoms with Gasteiger partial charge < -0.3 is 77.5 Å². The number of nitrogens with zero attached hydrogens (tertiary/aromatic N) is 12. The number of rotatable bonds is 27. The van der Waals surface area contributed by atoms with Crippen LogP contribution in [0.4, 0.5) is 32.1 Å². The maximum Gasteiger partial charge on any atom is 0.280 e. The fraction of sp³-hybridized carbons (Fsp3) is 0.623. The van der Waals surface area contributed by atoms with Crippen molar-refractivity contribution < 1.29 is 70.9 Å². The number of aliphatic hydroxyl groups excluding tert-OH is 3. The fourth-order valence-corrected chi connectivity index (χ4v) is 29.1. The molecule has 33 nitrogen and oxygen atoms in total. The number of carbonyl (C=O) groups is 8. The van der Waals surface area contributed by atoms with Crippen LogP contribution in [0.1, 0.15) is 357 Å². The quantitative estimate of drug-likeness (QED) is 0.0228. The third-order valence-corrected chi connectivity index (χ3v) is 38.2. The standard InChI is InChI=1S/C27H35N5O4S2.2C27H35N5O3S.C25H33F2N5O3S/c1-15-13-22(29-16(2)17-3-4-17)28-14-21(15)24-23(27(34)32-19-5-6-20(32)8-7-19)31-26(37-24)25(33)30-18-9-11-38(35,36)12-10-18;2*1-14-11-22(29-15(2)16-3-4-16)28-13-21(14)24-23(27(35)32-18-6-7-19(32)9-8-18)31-26(36-24)25(34)30-17-5-10-20(33)12-17;1-13-6-5-9-32(13)24(35)19-20(36-23(30-19)22(34)29-14-7-8-15(33)10-14)17-12-28-18(31-25(2,3)4)11-16(17)21(26)27/h13-14,16-20H,3-12H2,1-2H3,(H,28,29)(H,30,33);2*11,13,15-20,33H,3-10,12H2,1-2H3,(H,28,29)(H,30,34);11-15,21,33H,5-10H2,1-4H3,(H,28,31)(H,29,34)/t16-,19?,20?;15-,17+,18?,19?,20+;15-,17-,18?,19?,20-;13-,14+,15+/m1110/s1. The number of carbonyl (C=O) groups excluding carboxylic acids is 8. The van der Waals surface area contributed by atoms with E-state index >= 15 is 0 Å². The number of hydrogen-bond acceptors (Lipinski definition) is 29. The highest BCUT2D eigenvalue weighted by Crippen LogP contribution is 2.49. The molecule has 6 saturated carbocycles. The smallest absolute Gasteiger partial charge is 0.280 e. The summed E-state index contributed by atoms with van der Waals surface area (Å²) in [6.45, 7) is 20.8. The highest BCUT2D eigenvalue weighted by molar-refractivity contribution is 7.91. The highest BCUT2D eigenvalue weighted by Gasteiger charge is 2.49. The molecule has 0 unspecified atom stereocenters. The molecule has 8 aromatic heterocycles. The molecule has 0 radical (unpaired) electrons. The first-order chi connectivity index (χ1) is 69.8. The Morgan fingerprint density at radius 1 is 0.390 bits per heavy atom. The van der Waals surface area contributed by atoms with Gasteiger partial charge in [0.05, 0.1) is 49.3 Å². The van der Waals surface area contributed by atoms with Crippen molar-refractivity contribution in [3.05, 3.63) is 114 Å². The second-order valence-electron chi connectivity index (χ2n) is 44.4. The topological polar surface area (TPSA) is 444 Å². The van der Waals surface area contributed by atoms with Gasteiger partial charge in [0.1, 0.15) is 55.9 Å². The maximum atomic E-state index is 14.2. The van der Waals surface area contributed by atoms with Crippen LogP contribution in [0.5, 0.6) is 0 Å². The van der Waals surface area contributed by atoms with Gasteiger partial charge >= 0.3 is 0 Å². The van der Waals surface area contributed by atoms with E-state index in [0.717, 1.165) is 186 Å². The number of thiazole rings is 4. The number of amides is 8. The summed E-state index contributed by atoms with van der Waals surface area (Å²) >= 11 is 4.68. The lowest BCUT2D eigenvalue weighted by molar-refractivity contribution is 0.0716. The molecule has 784 valence electrons. The first-order valence-electron chi connectivity index (χ1n) is 52.9. The molecule has 11 N–H and O–H groups in total. The summed E-state index contributed by atoms with van der Waals surface area (Å²) in [5.74, 6) is 3.08. The number of aryl methyl sites for hydroxylation is 3. The van der Waals surface area contributed by atoms with E-state index in [2.05, 4.69) is 103 Å². The Kier molecular flexibility index (Phi) is 31.3. The molecule has 40 heteroatoms. The third kappa shape index (κ3) is 23.8. The number of pyridine rings is 4. The summed E-state index contributed by atoms with van der Waals surface area (Å²) < 4.78 is 52.0. The minimum Gasteiger partial charge on any atom is -0.393 e. The zero-order valence-electron chi connectivity index (χ0n) is 84.9. The molecule has 14 fully saturated rings. The van der Waals surface area contributed by atoms with Crippen molar-refractivity contribution >= 4 is 126 Å². The first-order valence-corrected chi connectivity index (χ1v) is 58.0. The predicted molar refractivity (Wildman–Crippen MR) is 560 cm³/mol. The summed E-state index contributed by atoms with van der Waals surface area (Å²) in [5, 5.41) is 55.8. The van der Waals surface area contributed by atoms with Gasteiger partial charge in [-0.3, -0.25) is 38.4 Å². The van der Waals surface area contributed by atoms with Crippen molar-refractivity contribution in [3.63, 3.8) is 0 Å². The zero-order chi connectivity index (χ0) is 103. The summed E-state index contributed by atoms with van der Waals surface area (Å²) in [4.78, 5) is 154. The van der Waals surface area contributed by atoms with Crippen LogP contribution in [0.2, 0.25) is 0 Å². The summed E-state index contributed by atoms with van der Waals surface area (Å²) in [7, 11) is -3.02. The van der Waals surface area contributed by atoms with Crippen LogP contribution in [-0.4, -0.2) is 257 Å². The SMILES string of the molecule is C[C@H]1CCCN1C(=O)c1nc(C(=O)N[C@@H]2CC[C@@H](O)C2)sc1-c1cnc(NC(C)(C)C)cc1C(F)F.Cc1cc(N[C@H](C)C2CC2)ncc1-c1sc(C(=O)NC2CCS(=O)(=O)CC2)nc1C(=O)N1C2CCC1CC2.Cc1cc(N[C@H](C)C2CC2)ncc1-c1sc(C(=O)N[C@@H]2CC[C@@H](O)C2)nc1C(=O)N1C2CCC1CC2.Cc1cc(N[C@H](C)C2CC2)ncc1-c1sc(C(=O)N[C@H]2CC[C@H](O)C2)nc1C(=O)N1C2CCC1CC2. The van der Waals surface area contributed by atoms with Crippen LogP contribution in [0.25, 0.3) is 41.8 Å². The third-order valence-electron chi connectivity index (χ3n) is 32.2. The van der Waals surface area contributed by atoms with Crippen molar-refractivity contribution in [1.82, 2.24) is 80.7 Å². The van der Waals surface area contributed by atoms with Crippen molar-refractivity contribution in [2.75, 3.05) is 39.3 Å². The molecule has 8 amide bonds. The van der Waals surface area contributed by atoms with E-state index in [1.807, 2.05) is 93.8 Å². The molecule has 8 aliphatic heterocycles. The van der Waals surface area contributed by atoms with E-state index < -0.39 is 28.3 Å². The second kappa shape index (κ2) is 43.8. The van der Waals surface area contributed by atoms with E-state index in [4.69, 9.17) is 0 Å². The number of aliphatic hydroxyl groups is 3. The predicted octanol–water partition coefficient (Wildman–Crippen LogP) is 16.7. The molecule has 16 heterocycles. The zero-order valence-corrected chi connectivity index (χ0v) is 89.0. The largest absolute Gasteiger partial charge is 0.393 e. The van der Waals surface area contributed by atoms with Gasteiger partial charge in [-0.15, -0.1) is 45.3 Å². The van der Waals surface area contributed by atoms with Crippen LogP contribution in [0.15, 0.2) is 49.1 Å². The Bertz CT molecular complexity index is 6100. The molecule has 6 aliphatic carbocycles. The monoisotopic (exact) mass is 2100 g/mol. The van der Waals surface area contributed by atoms with Crippen molar-refractivity contribution in [2.45, 2.75) is 383 Å². The Morgan fingerprint density at radius 3 is 0.959 bits per heavy atom. The molecular weight excluding hydrogens is 1960 g/mol. The van der Waals surface area contributed by atoms with E-state index in [1.54, 1.807) is 11.1 Å². The molecule has 6 bridgehead atoms. The minimum absolute atomic E-state index is 0.00430. The molecule has 8 aromatic rings. The Morgan fingerprint density at radius 2 is 0.685 bits per heavy atom. The van der Waals surface area contributed by atoms with Gasteiger partial charge in [0.2, 0.25) is 0 Å². The summed E-state index contributed by atoms with van der Waals surface area (Å²) in [6, 6.07) is 9.58. The van der Waals surface area contributed by atoms with E-state index in [0.29, 0.717) is 126 Å². The van der Waals surface area contributed by atoms with Gasteiger partial charge in [0, 0.05) is 149 Å². The number of anilines is 4. The number of halogens is 2. The molecule has 10 atom stereocenters. The summed E-state index contributed by atoms with van der Waals surface area (Å²) in [6.07, 6.45) is 30.9. The minimum atomic E-state index is -3.02. The number of nitrogens with one attached hydrogen (secondary N) is 8. The lowest BCUT2D eigenvalue weighted by Gasteiger charge is -2.23. The first kappa shape index (κ1) is 104. The average molecular weight is 2100 g/mol. The molecule has 14 aliphatic rings. The van der Waals surface area contributed by atoms with Crippen LogP contribution in [0.3, 0.4) is 0 Å². The number of likely N-dealkylation sites (tertiary alicyclic amines) is 1. The van der Waals surface area contributed by atoms with Crippen LogP contribution in [0, 0.1) is 38.5 Å². The van der Waals surface area contributed by atoms with Crippen LogP contribution >= 0.6 is 45.3 Å². The highest BCUT2D eigenvalue weighted by atomic mass is 32.2. The van der Waals surface area contributed by atoms with Gasteiger partial charge in [-0.05, 0) is 327 Å². The molecule has 8 saturated heterocycles. The normalized spacial score (nSPS) is 25.9. The maximum absolute atomic E-state index is 14.2. The van der Waals surface area contributed by atoms with Gasteiger partial charge in [0.15, 0.2) is 20.0 Å². The Balaban J connectivity index is 0.000000123. The van der Waals surface area contributed by atoms with E-state index in [1.165, 1.54) is 84.8 Å². The van der Waals surface area contributed by atoms with Crippen molar-refractivity contribution in [3.8, 4) is 41.8 Å². The molecule has 0 aromatic carbocycles. The lowest BCUT2D eigenvalue weighted by Crippen LogP contribution is -2.41. The van der Waals surface area contributed by atoms with Gasteiger partial charge in [-0.1, -0.05) is 0 Å². The fourth-order valence-electron chi connectivity index (χ4n) is 23.5. The number of sulfone groups is 1. The van der Waals surface area contributed by atoms with Crippen molar-refractivity contribution in [1.29, 1.82) is 0 Å². The van der Waals surface area contributed by atoms with Crippen LogP contribution in [-0.2, 0) is 9.84 Å². The van der Waals surface area contributed by atoms with E-state index in [-0.39, 0.29) is 169 Å². The molecule has 22 rings (SSSR count). The van der Waals surface area contributed by atoms with Gasteiger partial charge in [-0.2, -0.15) is 0 Å². The molecular formula is C106H138F2N20O13S5. The average Bonchev–Trinajstić information content (AvgIpc) is 1.60. The number of hydrogen-bond donors (Lipinski definition) is 11. The Hall–Kier alpha value is -10.2. The molecule has 146 heavy (non-hydrogen) atoms. The molecule has 0 spiro atoms. The lowest BCUT2D eigenvalue weighted by atomic mass is 10.0. The van der Waals surface area contributed by atoms with Crippen molar-refractivity contribution in [2.24, 2.45) is 17.8 Å². The number of aromatic nitrogens is 8.